The lowest BCUT2D eigenvalue weighted by Crippen LogP contribution is -2.41. The van der Waals surface area contributed by atoms with E-state index < -0.39 is 0 Å². The van der Waals surface area contributed by atoms with Gasteiger partial charge in [0, 0.05) is 182 Å². The Balaban J connectivity index is 0.000000126. The zero-order chi connectivity index (χ0) is 95.3. The number of hydrogen-bond acceptors (Lipinski definition) is 8. The number of carbonyl (C=O) groups excluding carboxylic acids is 4. The maximum atomic E-state index is 13.1. The van der Waals surface area contributed by atoms with Crippen molar-refractivity contribution in [3.63, 3.8) is 0 Å². The highest BCUT2D eigenvalue weighted by Crippen LogP contribution is 2.53. The van der Waals surface area contributed by atoms with E-state index in [0.717, 1.165) is 260 Å². The van der Waals surface area contributed by atoms with Crippen LogP contribution in [0.15, 0.2) is 133 Å². The summed E-state index contributed by atoms with van der Waals surface area (Å²) in [4.78, 5) is 80.9. The van der Waals surface area contributed by atoms with Crippen LogP contribution >= 0.6 is 174 Å². The van der Waals surface area contributed by atoms with Gasteiger partial charge in [0.05, 0.1) is 22.8 Å². The molecule has 728 valence electrons. The molecule has 0 N–H and O–H groups in total. The number of benzene rings is 4. The number of aryl methyl sites for hydroxylation is 8. The summed E-state index contributed by atoms with van der Waals surface area (Å²) in [6.45, 7) is 16.2. The molecule has 4 saturated carbocycles. The van der Waals surface area contributed by atoms with Crippen LogP contribution in [0.1, 0.15) is 321 Å². The van der Waals surface area contributed by atoms with Crippen LogP contribution in [-0.4, -0.2) is 116 Å². The molecule has 0 radical (unpaired) electrons. The van der Waals surface area contributed by atoms with Gasteiger partial charge in [-0.15, -0.1) is 0 Å². The first-order valence-electron chi connectivity index (χ1n) is 51.1. The van der Waals surface area contributed by atoms with Crippen LogP contribution < -0.4 is 0 Å². The van der Waals surface area contributed by atoms with E-state index in [-0.39, 0.29) is 23.7 Å². The zero-order valence-corrected chi connectivity index (χ0v) is 95.0. The largest absolute Gasteiger partial charge is 0.343 e. The van der Waals surface area contributed by atoms with Gasteiger partial charge in [-0.05, 0) is 428 Å². The monoisotopic (exact) mass is 2420 g/mol. The summed E-state index contributed by atoms with van der Waals surface area (Å²) in [5.41, 5.74) is 20.8. The molecule has 8 unspecified atom stereocenters. The summed E-state index contributed by atoms with van der Waals surface area (Å²) in [7, 11) is 0. The molecule has 0 bridgehead atoms. The molecule has 12 aliphatic rings. The van der Waals surface area contributed by atoms with Gasteiger partial charge in [-0.3, -0.25) is 39.1 Å². The second-order valence-corrected chi connectivity index (χ2v) is 51.6. The molecule has 24 heteroatoms. The number of likely N-dealkylation sites (tertiary alicyclic amines) is 4. The van der Waals surface area contributed by atoms with Crippen LogP contribution in [0, 0.1) is 71.0 Å². The van der Waals surface area contributed by atoms with Crippen LogP contribution in [0.2, 0.25) is 20.1 Å². The predicted octanol–water partition coefficient (Wildman–Crippen LogP) is 31.8. The van der Waals surface area contributed by atoms with Gasteiger partial charge >= 0.3 is 0 Å². The zero-order valence-electron chi connectivity index (χ0n) is 79.3. The minimum atomic E-state index is 0.226. The first-order chi connectivity index (χ1) is 65.5. The number of nitrogens with zero attached hydrogens (tertiary/aromatic N) is 8. The summed E-state index contributed by atoms with van der Waals surface area (Å²) < 4.78 is 8.47. The summed E-state index contributed by atoms with van der Waals surface area (Å²) in [6, 6.07) is 25.6. The van der Waals surface area contributed by atoms with E-state index >= 15 is 0 Å². The summed E-state index contributed by atoms with van der Waals surface area (Å²) in [5, 5.41) is 3.12. The van der Waals surface area contributed by atoms with Crippen molar-refractivity contribution in [2.45, 2.75) is 283 Å². The molecule has 12 nitrogen and oxygen atoms in total. The Labute approximate surface area is 895 Å². The quantitative estimate of drug-likeness (QED) is 0.118. The molecule has 4 aliphatic heterocycles. The van der Waals surface area contributed by atoms with Crippen LogP contribution in [-0.2, 0) is 70.5 Å². The lowest BCUT2D eigenvalue weighted by atomic mass is 9.76. The lowest BCUT2D eigenvalue weighted by Gasteiger charge is -2.38. The van der Waals surface area contributed by atoms with Crippen molar-refractivity contribution in [3.8, 4) is 0 Å². The highest BCUT2D eigenvalue weighted by molar-refractivity contribution is 9.11. The molecule has 12 atom stereocenters. The smallest absolute Gasteiger partial charge is 0.222 e. The van der Waals surface area contributed by atoms with E-state index in [2.05, 4.69) is 223 Å². The Morgan fingerprint density at radius 1 is 0.272 bits per heavy atom. The first kappa shape index (κ1) is 104. The van der Waals surface area contributed by atoms with Crippen molar-refractivity contribution in [1.29, 1.82) is 0 Å². The Kier molecular flexibility index (Phi) is 36.4. The lowest BCUT2D eigenvalue weighted by molar-refractivity contribution is -0.134. The predicted molar refractivity (Wildman–Crippen MR) is 582 cm³/mol. The number of pyridine rings is 4. The fourth-order valence-electron chi connectivity index (χ4n) is 26.5. The summed E-state index contributed by atoms with van der Waals surface area (Å²) >= 11 is 55.7. The highest BCUT2D eigenvalue weighted by Gasteiger charge is 2.44. The average Bonchev–Trinajstić information content (AvgIpc) is 1.59. The van der Waals surface area contributed by atoms with Gasteiger partial charge in [0.1, 0.15) is 0 Å². The van der Waals surface area contributed by atoms with Gasteiger partial charge in [-0.2, -0.15) is 0 Å². The third-order valence-electron chi connectivity index (χ3n) is 33.2. The third-order valence-corrected chi connectivity index (χ3v) is 38.4. The number of amides is 4. The van der Waals surface area contributed by atoms with Crippen molar-refractivity contribution >= 4 is 197 Å². The fourth-order valence-corrected chi connectivity index (χ4v) is 32.5. The second kappa shape index (κ2) is 47.7. The topological polar surface area (TPSA) is 133 Å². The summed E-state index contributed by atoms with van der Waals surface area (Å²) in [6.07, 6.45) is 46.8. The van der Waals surface area contributed by atoms with Crippen molar-refractivity contribution in [1.82, 2.24) is 39.5 Å². The molecule has 4 aromatic heterocycles. The van der Waals surface area contributed by atoms with Crippen LogP contribution in [0.25, 0.3) is 0 Å². The van der Waals surface area contributed by atoms with Gasteiger partial charge < -0.3 is 19.6 Å². The maximum Gasteiger partial charge on any atom is 0.222 e. The van der Waals surface area contributed by atoms with E-state index in [0.29, 0.717) is 71.0 Å². The Hall–Kier alpha value is -3.64. The van der Waals surface area contributed by atoms with Gasteiger partial charge in [0.2, 0.25) is 23.6 Å². The maximum absolute atomic E-state index is 13.1. The molecule has 8 heterocycles. The van der Waals surface area contributed by atoms with Gasteiger partial charge in [-0.1, -0.05) is 189 Å². The molecular weight excluding hydrogens is 2300 g/mol. The molecule has 20 rings (SSSR count). The van der Waals surface area contributed by atoms with Crippen molar-refractivity contribution in [2.24, 2.45) is 71.0 Å². The number of fused-ring (bicyclic) bond motifs is 8. The van der Waals surface area contributed by atoms with E-state index in [4.69, 9.17) is 66.3 Å². The highest BCUT2D eigenvalue weighted by atomic mass is 79.9. The van der Waals surface area contributed by atoms with E-state index in [1.807, 2.05) is 49.1 Å². The summed E-state index contributed by atoms with van der Waals surface area (Å²) in [5.74, 6) is 9.62. The fraction of sp³-hybridized carbons (Fsp3) is 0.571. The van der Waals surface area contributed by atoms with Gasteiger partial charge in [0.15, 0.2) is 0 Å². The van der Waals surface area contributed by atoms with E-state index in [1.165, 1.54) is 192 Å². The van der Waals surface area contributed by atoms with Crippen LogP contribution in [0.5, 0.6) is 0 Å². The van der Waals surface area contributed by atoms with E-state index in [1.54, 1.807) is 0 Å². The molecule has 136 heavy (non-hydrogen) atoms. The first-order valence-corrected chi connectivity index (χ1v) is 59.0. The molecule has 4 aromatic carbocycles. The molecule has 8 fully saturated rings. The second-order valence-electron chi connectivity index (χ2n) is 42.8. The van der Waals surface area contributed by atoms with Gasteiger partial charge in [0.25, 0.3) is 0 Å². The van der Waals surface area contributed by atoms with Gasteiger partial charge in [-0.25, -0.2) is 0 Å². The Morgan fingerprint density at radius 2 is 0.463 bits per heavy atom. The standard InChI is InChI=1S/4C28H33Br2ClN2O/c4*1-17-3-2-4-18(11-17)12-25(34)33-9-7-19(8-10-33)27-26-20(14-23(31)15-24(26)30)5-6-21-13-22(29)16-32-28(21)27/h4*13-19,27H,2-12H2,1H3/t4*17?,18?,27-/m1111/s1. The van der Waals surface area contributed by atoms with Crippen LogP contribution in [0.4, 0.5) is 0 Å². The minimum absolute atomic E-state index is 0.226. The average molecular weight is 2440 g/mol. The molecule has 4 amide bonds. The number of rotatable bonds is 12. The third kappa shape index (κ3) is 25.5. The van der Waals surface area contributed by atoms with Crippen molar-refractivity contribution < 1.29 is 19.2 Å². The SMILES string of the molecule is CC1CCCC(CC(=O)N2CCC([C@H]3c4ncc(Br)cc4CCc4cc(Cl)cc(Br)c43)CC2)C1.CC1CCCC(CC(=O)N2CCC([C@H]3c4ncc(Br)cc4CCc4cc(Cl)cc(Br)c43)CC2)C1.CC1CCCC(CC(=O)N2CCC([C@H]3c4ncc(Br)cc4CCc4cc(Cl)cc(Br)c43)CC2)C1.CC1CCCC(CC(=O)N2CCC([C@H]3c4ncc(Br)cc4CCc4cc(Cl)cc(Br)c43)CC2)C1. The number of carbonyl (C=O) groups is 4. The molecule has 4 saturated heterocycles. The molecule has 8 aliphatic carbocycles. The van der Waals surface area contributed by atoms with E-state index in [9.17, 15) is 19.2 Å². The Bertz CT molecular complexity index is 4940. The number of piperidine rings is 4. The molecular formula is C112H132Br8Cl4N8O4. The number of halogens is 12. The normalized spacial score (nSPS) is 25.4. The number of hydrogen-bond donors (Lipinski definition) is 0. The minimum Gasteiger partial charge on any atom is -0.343 e. The molecule has 0 spiro atoms. The van der Waals surface area contributed by atoms with Crippen LogP contribution in [0.3, 0.4) is 0 Å². The molecule has 8 aromatic rings. The van der Waals surface area contributed by atoms with Crippen molar-refractivity contribution in [2.75, 3.05) is 52.4 Å². The number of aromatic nitrogens is 4. The Morgan fingerprint density at radius 3 is 0.654 bits per heavy atom. The van der Waals surface area contributed by atoms with Crippen molar-refractivity contribution in [3.05, 3.63) is 243 Å².